The lowest BCUT2D eigenvalue weighted by atomic mass is 9.74. The molecule has 0 radical (unpaired) electrons. The molecule has 2 fully saturated rings. The predicted molar refractivity (Wildman–Crippen MR) is 104 cm³/mol. The minimum atomic E-state index is 0.351. The van der Waals surface area contributed by atoms with Crippen LogP contribution in [0.4, 0.5) is 5.82 Å². The number of hydrogen-bond acceptors (Lipinski definition) is 6. The second kappa shape index (κ2) is 6.02. The van der Waals surface area contributed by atoms with Crippen LogP contribution >= 0.6 is 0 Å². The molecule has 8 nitrogen and oxygen atoms in total. The first-order chi connectivity index (χ1) is 13.1. The molecule has 1 aliphatic heterocycles. The van der Waals surface area contributed by atoms with E-state index >= 15 is 0 Å². The maximum atomic E-state index is 6.41. The summed E-state index contributed by atoms with van der Waals surface area (Å²) in [6.45, 7) is 5.96. The minimum Gasteiger partial charge on any atom is -0.355 e. The molecule has 2 aliphatic rings. The van der Waals surface area contributed by atoms with Crippen molar-refractivity contribution >= 4 is 17.0 Å². The fourth-order valence-electron chi connectivity index (χ4n) is 5.00. The van der Waals surface area contributed by atoms with Crippen LogP contribution in [0, 0.1) is 19.3 Å². The van der Waals surface area contributed by atoms with Crippen molar-refractivity contribution in [1.29, 1.82) is 0 Å². The molecule has 1 aliphatic carbocycles. The van der Waals surface area contributed by atoms with Gasteiger partial charge in [0.1, 0.15) is 11.3 Å². The van der Waals surface area contributed by atoms with Gasteiger partial charge in [-0.25, -0.2) is 9.97 Å². The first-order valence-corrected chi connectivity index (χ1v) is 9.81. The zero-order valence-electron chi connectivity index (χ0n) is 15.9. The molecule has 3 aromatic rings. The van der Waals surface area contributed by atoms with E-state index in [2.05, 4.69) is 25.3 Å². The van der Waals surface area contributed by atoms with Crippen molar-refractivity contribution in [2.75, 3.05) is 18.0 Å². The molecule has 5 rings (SSSR count). The molecule has 27 heavy (non-hydrogen) atoms. The van der Waals surface area contributed by atoms with Crippen LogP contribution in [0.3, 0.4) is 0 Å². The average molecular weight is 366 g/mol. The molecule has 0 unspecified atom stereocenters. The molecular weight excluding hydrogens is 340 g/mol. The summed E-state index contributed by atoms with van der Waals surface area (Å²) >= 11 is 0. The van der Waals surface area contributed by atoms with E-state index in [1.165, 1.54) is 19.3 Å². The van der Waals surface area contributed by atoms with Gasteiger partial charge in [-0.3, -0.25) is 10.2 Å². The SMILES string of the molecule is Cc1n[nH]c(C)c1-c1[nH]nc2nc(N3CCC4(CCC[C@H]4N)CC3)cnc12. The van der Waals surface area contributed by atoms with Crippen LogP contribution in [0.2, 0.25) is 0 Å². The summed E-state index contributed by atoms with van der Waals surface area (Å²) in [6, 6.07) is 0.364. The van der Waals surface area contributed by atoms with Gasteiger partial charge in [-0.05, 0) is 44.9 Å². The standard InChI is InChI=1S/C19H26N8/c1-11-15(12(2)24-23-11)16-17-18(26-25-16)22-14(10-21-17)27-8-6-19(7-9-27)5-3-4-13(19)20/h10,13H,3-9,20H2,1-2H3,(H,23,24)(H,22,25,26)/t13-/m1/s1. The molecule has 3 aromatic heterocycles. The molecule has 1 atom stereocenters. The van der Waals surface area contributed by atoms with Crippen LogP contribution in [0.25, 0.3) is 22.4 Å². The van der Waals surface area contributed by atoms with Crippen LogP contribution in [0.15, 0.2) is 6.20 Å². The average Bonchev–Trinajstić information content (AvgIpc) is 3.34. The molecule has 0 aromatic carbocycles. The fraction of sp³-hybridized carbons (Fsp3) is 0.579. The second-order valence-corrected chi connectivity index (χ2v) is 8.16. The third-order valence-corrected chi connectivity index (χ3v) is 6.69. The Bertz CT molecular complexity index is 959. The second-order valence-electron chi connectivity index (χ2n) is 8.16. The third kappa shape index (κ3) is 2.54. The fourth-order valence-corrected chi connectivity index (χ4v) is 5.00. The highest BCUT2D eigenvalue weighted by molar-refractivity contribution is 5.89. The van der Waals surface area contributed by atoms with Crippen molar-refractivity contribution in [3.05, 3.63) is 17.6 Å². The zero-order chi connectivity index (χ0) is 18.6. The van der Waals surface area contributed by atoms with Gasteiger partial charge in [0.25, 0.3) is 0 Å². The first-order valence-electron chi connectivity index (χ1n) is 9.81. The highest BCUT2D eigenvalue weighted by Crippen LogP contribution is 2.45. The number of aryl methyl sites for hydroxylation is 2. The maximum absolute atomic E-state index is 6.41. The van der Waals surface area contributed by atoms with Crippen LogP contribution in [0.5, 0.6) is 0 Å². The Morgan fingerprint density at radius 2 is 1.96 bits per heavy atom. The number of anilines is 1. The van der Waals surface area contributed by atoms with Crippen molar-refractivity contribution < 1.29 is 0 Å². The minimum absolute atomic E-state index is 0.351. The third-order valence-electron chi connectivity index (χ3n) is 6.69. The lowest BCUT2D eigenvalue weighted by Crippen LogP contribution is -2.47. The van der Waals surface area contributed by atoms with E-state index in [1.807, 2.05) is 20.0 Å². The summed E-state index contributed by atoms with van der Waals surface area (Å²) in [5, 5.41) is 14.8. The Hall–Kier alpha value is -2.48. The summed E-state index contributed by atoms with van der Waals surface area (Å²) < 4.78 is 0. The topological polar surface area (TPSA) is 112 Å². The molecule has 8 heteroatoms. The van der Waals surface area contributed by atoms with Gasteiger partial charge in [-0.15, -0.1) is 0 Å². The van der Waals surface area contributed by atoms with Gasteiger partial charge < -0.3 is 10.6 Å². The highest BCUT2D eigenvalue weighted by Gasteiger charge is 2.43. The molecule has 1 saturated heterocycles. The molecule has 1 spiro atoms. The Morgan fingerprint density at radius 1 is 1.15 bits per heavy atom. The van der Waals surface area contributed by atoms with Crippen LogP contribution < -0.4 is 10.6 Å². The molecule has 0 amide bonds. The Labute approximate surface area is 158 Å². The number of rotatable bonds is 2. The number of fused-ring (bicyclic) bond motifs is 1. The number of piperidine rings is 1. The number of nitrogens with one attached hydrogen (secondary N) is 2. The number of nitrogens with two attached hydrogens (primary N) is 1. The van der Waals surface area contributed by atoms with Gasteiger partial charge in [0, 0.05) is 30.4 Å². The monoisotopic (exact) mass is 366 g/mol. The summed E-state index contributed by atoms with van der Waals surface area (Å²) in [5.41, 5.74) is 12.0. The van der Waals surface area contributed by atoms with E-state index in [1.54, 1.807) is 0 Å². The summed E-state index contributed by atoms with van der Waals surface area (Å²) in [4.78, 5) is 11.8. The highest BCUT2D eigenvalue weighted by atomic mass is 15.2. The maximum Gasteiger partial charge on any atom is 0.202 e. The van der Waals surface area contributed by atoms with E-state index in [-0.39, 0.29) is 0 Å². The van der Waals surface area contributed by atoms with Gasteiger partial charge >= 0.3 is 0 Å². The Balaban J connectivity index is 1.42. The van der Waals surface area contributed by atoms with E-state index in [9.17, 15) is 0 Å². The van der Waals surface area contributed by atoms with Gasteiger partial charge in [-0.2, -0.15) is 10.2 Å². The quantitative estimate of drug-likeness (QED) is 0.642. The number of aromatic amines is 2. The number of H-pyrrole nitrogens is 2. The first kappa shape index (κ1) is 16.7. The summed E-state index contributed by atoms with van der Waals surface area (Å²) in [5.74, 6) is 0.905. The normalized spacial score (nSPS) is 22.2. The zero-order valence-corrected chi connectivity index (χ0v) is 15.9. The summed E-state index contributed by atoms with van der Waals surface area (Å²) in [6.07, 6.45) is 7.89. The number of aromatic nitrogens is 6. The lowest BCUT2D eigenvalue weighted by molar-refractivity contribution is 0.197. The Kier molecular flexibility index (Phi) is 3.72. The number of nitrogens with zero attached hydrogens (tertiary/aromatic N) is 5. The van der Waals surface area contributed by atoms with Gasteiger partial charge in [-0.1, -0.05) is 6.42 Å². The predicted octanol–water partition coefficient (Wildman–Crippen LogP) is 2.46. The van der Waals surface area contributed by atoms with E-state index in [0.29, 0.717) is 17.1 Å². The molecule has 142 valence electrons. The van der Waals surface area contributed by atoms with E-state index < -0.39 is 0 Å². The van der Waals surface area contributed by atoms with Gasteiger partial charge in [0.2, 0.25) is 5.65 Å². The van der Waals surface area contributed by atoms with Crippen LogP contribution in [-0.2, 0) is 0 Å². The van der Waals surface area contributed by atoms with E-state index in [0.717, 1.165) is 59.9 Å². The van der Waals surface area contributed by atoms with Gasteiger partial charge in [0.15, 0.2) is 0 Å². The molecular formula is C19H26N8. The van der Waals surface area contributed by atoms with Crippen molar-refractivity contribution in [2.45, 2.75) is 52.0 Å². The lowest BCUT2D eigenvalue weighted by Gasteiger charge is -2.42. The van der Waals surface area contributed by atoms with Crippen LogP contribution in [0.1, 0.15) is 43.5 Å². The molecule has 4 heterocycles. The van der Waals surface area contributed by atoms with Crippen LogP contribution in [-0.4, -0.2) is 49.5 Å². The van der Waals surface area contributed by atoms with Crippen molar-refractivity contribution in [3.63, 3.8) is 0 Å². The summed E-state index contributed by atoms with van der Waals surface area (Å²) in [7, 11) is 0. The van der Waals surface area contributed by atoms with Crippen molar-refractivity contribution in [3.8, 4) is 11.3 Å². The number of hydrogen-bond donors (Lipinski definition) is 3. The molecule has 1 saturated carbocycles. The molecule has 0 bridgehead atoms. The van der Waals surface area contributed by atoms with Crippen molar-refractivity contribution in [2.24, 2.45) is 11.1 Å². The largest absolute Gasteiger partial charge is 0.355 e. The van der Waals surface area contributed by atoms with Gasteiger partial charge in [0.05, 0.1) is 17.6 Å². The smallest absolute Gasteiger partial charge is 0.202 e. The van der Waals surface area contributed by atoms with E-state index in [4.69, 9.17) is 15.7 Å². The Morgan fingerprint density at radius 3 is 2.63 bits per heavy atom. The van der Waals surface area contributed by atoms with Crippen molar-refractivity contribution in [1.82, 2.24) is 30.4 Å². The molecule has 4 N–H and O–H groups in total.